The third-order valence-electron chi connectivity index (χ3n) is 2.71. The standard InChI is InChI=1S/C14H15BrFNOS/c1-14(2,3)10-4-5-11(12(15)13(10)16)18-6-9-7-19-8-17-9/h4-5,7-8H,6H2,1-3H3. The zero-order chi connectivity index (χ0) is 14.0. The van der Waals surface area contributed by atoms with Crippen molar-refractivity contribution in [2.75, 3.05) is 0 Å². The highest BCUT2D eigenvalue weighted by atomic mass is 79.9. The molecule has 0 aliphatic rings. The summed E-state index contributed by atoms with van der Waals surface area (Å²) in [6, 6.07) is 3.57. The van der Waals surface area contributed by atoms with E-state index in [1.807, 2.05) is 26.2 Å². The van der Waals surface area contributed by atoms with Gasteiger partial charge in [-0.05, 0) is 33.0 Å². The molecule has 0 N–H and O–H groups in total. The number of aromatic nitrogens is 1. The number of thiazole rings is 1. The third kappa shape index (κ3) is 3.34. The van der Waals surface area contributed by atoms with E-state index >= 15 is 0 Å². The zero-order valence-corrected chi connectivity index (χ0v) is 13.4. The molecular weight excluding hydrogens is 329 g/mol. The Labute approximate surface area is 124 Å². The maximum absolute atomic E-state index is 14.3. The second-order valence-electron chi connectivity index (χ2n) is 5.26. The fourth-order valence-electron chi connectivity index (χ4n) is 1.68. The maximum Gasteiger partial charge on any atom is 0.144 e. The second-order valence-corrected chi connectivity index (χ2v) is 6.77. The Bertz CT molecular complexity index is 564. The average Bonchev–Trinajstić information content (AvgIpc) is 2.82. The van der Waals surface area contributed by atoms with Gasteiger partial charge in [0.15, 0.2) is 0 Å². The minimum absolute atomic E-state index is 0.236. The van der Waals surface area contributed by atoms with Gasteiger partial charge in [-0.1, -0.05) is 26.8 Å². The number of hydrogen-bond donors (Lipinski definition) is 0. The number of hydrogen-bond acceptors (Lipinski definition) is 3. The summed E-state index contributed by atoms with van der Waals surface area (Å²) in [5.41, 5.74) is 3.02. The third-order valence-corrected chi connectivity index (χ3v) is 4.09. The van der Waals surface area contributed by atoms with Gasteiger partial charge in [-0.15, -0.1) is 11.3 Å². The van der Waals surface area contributed by atoms with E-state index in [9.17, 15) is 4.39 Å². The number of halogens is 2. The smallest absolute Gasteiger partial charge is 0.144 e. The van der Waals surface area contributed by atoms with Crippen molar-refractivity contribution in [3.05, 3.63) is 44.6 Å². The van der Waals surface area contributed by atoms with Crippen LogP contribution in [-0.2, 0) is 12.0 Å². The van der Waals surface area contributed by atoms with Crippen molar-refractivity contribution >= 4 is 27.3 Å². The molecule has 0 saturated heterocycles. The number of ether oxygens (including phenoxy) is 1. The van der Waals surface area contributed by atoms with Crippen LogP contribution in [0.3, 0.4) is 0 Å². The summed E-state index contributed by atoms with van der Waals surface area (Å²) in [5.74, 6) is 0.238. The molecule has 2 aromatic rings. The molecule has 1 aromatic heterocycles. The van der Waals surface area contributed by atoms with Crippen LogP contribution in [0.4, 0.5) is 4.39 Å². The van der Waals surface area contributed by atoms with E-state index in [-0.39, 0.29) is 11.2 Å². The van der Waals surface area contributed by atoms with Crippen LogP contribution in [0.25, 0.3) is 0 Å². The summed E-state index contributed by atoms with van der Waals surface area (Å²) in [6.45, 7) is 6.28. The Morgan fingerprint density at radius 3 is 2.68 bits per heavy atom. The fourth-order valence-corrected chi connectivity index (χ4v) is 2.69. The molecule has 0 bridgehead atoms. The normalized spacial score (nSPS) is 11.6. The second kappa shape index (κ2) is 5.59. The summed E-state index contributed by atoms with van der Waals surface area (Å²) < 4.78 is 20.2. The maximum atomic E-state index is 14.3. The highest BCUT2D eigenvalue weighted by molar-refractivity contribution is 9.10. The Morgan fingerprint density at radius 2 is 2.11 bits per heavy atom. The predicted octanol–water partition coefficient (Wildman–Crippen LogP) is 4.92. The molecule has 0 unspecified atom stereocenters. The first-order valence-corrected chi connectivity index (χ1v) is 7.61. The molecule has 2 rings (SSSR count). The molecule has 0 spiro atoms. The number of rotatable bonds is 3. The molecule has 0 amide bonds. The fraction of sp³-hybridized carbons (Fsp3) is 0.357. The number of benzene rings is 1. The minimum Gasteiger partial charge on any atom is -0.486 e. The molecule has 102 valence electrons. The van der Waals surface area contributed by atoms with Crippen LogP contribution in [0.15, 0.2) is 27.5 Å². The lowest BCUT2D eigenvalue weighted by Gasteiger charge is -2.21. The van der Waals surface area contributed by atoms with Gasteiger partial charge in [-0.25, -0.2) is 9.37 Å². The van der Waals surface area contributed by atoms with Crippen LogP contribution in [0.1, 0.15) is 32.0 Å². The molecule has 0 aliphatic carbocycles. The predicted molar refractivity (Wildman–Crippen MR) is 79.2 cm³/mol. The lowest BCUT2D eigenvalue weighted by Crippen LogP contribution is -2.14. The van der Waals surface area contributed by atoms with E-state index in [1.165, 1.54) is 11.3 Å². The number of nitrogens with zero attached hydrogens (tertiary/aromatic N) is 1. The van der Waals surface area contributed by atoms with Gasteiger partial charge in [-0.3, -0.25) is 0 Å². The van der Waals surface area contributed by atoms with E-state index in [0.29, 0.717) is 22.4 Å². The van der Waals surface area contributed by atoms with E-state index in [4.69, 9.17) is 4.74 Å². The molecular formula is C14H15BrFNOS. The van der Waals surface area contributed by atoms with Crippen molar-refractivity contribution in [2.45, 2.75) is 32.8 Å². The Kier molecular flexibility index (Phi) is 4.26. The van der Waals surface area contributed by atoms with Crippen LogP contribution in [0.5, 0.6) is 5.75 Å². The summed E-state index contributed by atoms with van der Waals surface area (Å²) in [7, 11) is 0. The Morgan fingerprint density at radius 1 is 1.37 bits per heavy atom. The van der Waals surface area contributed by atoms with Gasteiger partial charge in [0.1, 0.15) is 18.2 Å². The van der Waals surface area contributed by atoms with Gasteiger partial charge in [0, 0.05) is 5.38 Å². The Balaban J connectivity index is 2.21. The van der Waals surface area contributed by atoms with E-state index in [0.717, 1.165) is 5.69 Å². The van der Waals surface area contributed by atoms with Crippen molar-refractivity contribution in [1.29, 1.82) is 0 Å². The average molecular weight is 344 g/mol. The van der Waals surface area contributed by atoms with Crippen molar-refractivity contribution in [3.8, 4) is 5.75 Å². The first kappa shape index (κ1) is 14.5. The van der Waals surface area contributed by atoms with Crippen LogP contribution < -0.4 is 4.74 Å². The molecule has 0 aliphatic heterocycles. The lowest BCUT2D eigenvalue weighted by atomic mass is 9.86. The van der Waals surface area contributed by atoms with Crippen LogP contribution in [-0.4, -0.2) is 4.98 Å². The molecule has 0 saturated carbocycles. The van der Waals surface area contributed by atoms with Crippen LogP contribution in [0, 0.1) is 5.82 Å². The van der Waals surface area contributed by atoms with Crippen LogP contribution in [0.2, 0.25) is 0 Å². The Hall–Kier alpha value is -0.940. The van der Waals surface area contributed by atoms with Crippen molar-refractivity contribution in [2.24, 2.45) is 0 Å². The molecule has 2 nitrogen and oxygen atoms in total. The minimum atomic E-state index is -0.261. The van der Waals surface area contributed by atoms with Gasteiger partial charge in [0.25, 0.3) is 0 Å². The summed E-state index contributed by atoms with van der Waals surface area (Å²) in [5, 5.41) is 1.91. The first-order valence-electron chi connectivity index (χ1n) is 5.88. The van der Waals surface area contributed by atoms with Crippen molar-refractivity contribution in [3.63, 3.8) is 0 Å². The molecule has 5 heteroatoms. The summed E-state index contributed by atoms with van der Waals surface area (Å²) in [4.78, 5) is 4.12. The van der Waals surface area contributed by atoms with E-state index < -0.39 is 0 Å². The van der Waals surface area contributed by atoms with Crippen molar-refractivity contribution in [1.82, 2.24) is 4.98 Å². The molecule has 1 heterocycles. The first-order chi connectivity index (χ1) is 8.89. The lowest BCUT2D eigenvalue weighted by molar-refractivity contribution is 0.297. The quantitative estimate of drug-likeness (QED) is 0.788. The zero-order valence-electron chi connectivity index (χ0n) is 11.0. The molecule has 0 fully saturated rings. The summed E-state index contributed by atoms with van der Waals surface area (Å²) >= 11 is 4.78. The highest BCUT2D eigenvalue weighted by Crippen LogP contribution is 2.35. The summed E-state index contributed by atoms with van der Waals surface area (Å²) in [6.07, 6.45) is 0. The van der Waals surface area contributed by atoms with Crippen LogP contribution >= 0.6 is 27.3 Å². The van der Waals surface area contributed by atoms with Gasteiger partial charge in [-0.2, -0.15) is 0 Å². The van der Waals surface area contributed by atoms with E-state index in [2.05, 4.69) is 20.9 Å². The largest absolute Gasteiger partial charge is 0.486 e. The SMILES string of the molecule is CC(C)(C)c1ccc(OCc2cscn2)c(Br)c1F. The molecule has 0 atom stereocenters. The molecule has 19 heavy (non-hydrogen) atoms. The van der Waals surface area contributed by atoms with Crippen molar-refractivity contribution < 1.29 is 9.13 Å². The monoisotopic (exact) mass is 343 g/mol. The molecule has 0 radical (unpaired) electrons. The topological polar surface area (TPSA) is 22.1 Å². The highest BCUT2D eigenvalue weighted by Gasteiger charge is 2.22. The van der Waals surface area contributed by atoms with E-state index in [1.54, 1.807) is 17.6 Å². The molecule has 1 aromatic carbocycles. The van der Waals surface area contributed by atoms with Gasteiger partial charge < -0.3 is 4.74 Å². The van der Waals surface area contributed by atoms with Gasteiger partial charge >= 0.3 is 0 Å². The van der Waals surface area contributed by atoms with Gasteiger partial charge in [0.05, 0.1) is 15.7 Å². The van der Waals surface area contributed by atoms with Gasteiger partial charge in [0.2, 0.25) is 0 Å².